The summed E-state index contributed by atoms with van der Waals surface area (Å²) < 4.78 is 36.3. The van der Waals surface area contributed by atoms with Gasteiger partial charge in [0, 0.05) is 12.2 Å². The Labute approximate surface area is 126 Å². The molecule has 1 atom stereocenters. The van der Waals surface area contributed by atoms with Crippen molar-refractivity contribution in [3.8, 4) is 5.75 Å². The summed E-state index contributed by atoms with van der Waals surface area (Å²) >= 11 is 0. The third-order valence-corrected chi connectivity index (χ3v) is 3.37. The Morgan fingerprint density at radius 3 is 2.55 bits per heavy atom. The van der Waals surface area contributed by atoms with Gasteiger partial charge >= 0.3 is 12.0 Å². The van der Waals surface area contributed by atoms with Crippen LogP contribution in [-0.2, 0) is 14.9 Å². The number of carbonyl (C=O) groups is 2. The van der Waals surface area contributed by atoms with E-state index in [0.29, 0.717) is 0 Å². The molecule has 1 aromatic carbocycles. The number of aliphatic carboxylic acids is 1. The van der Waals surface area contributed by atoms with Crippen molar-refractivity contribution in [3.63, 3.8) is 0 Å². The van der Waals surface area contributed by atoms with Crippen LogP contribution in [0, 0.1) is 0 Å². The fourth-order valence-electron chi connectivity index (χ4n) is 1.42. The number of anilines is 1. The summed E-state index contributed by atoms with van der Waals surface area (Å²) in [5.74, 6) is -1.38. The normalized spacial score (nSPS) is 12.3. The average Bonchev–Trinajstić information content (AvgIpc) is 2.43. The van der Waals surface area contributed by atoms with Crippen molar-refractivity contribution in [1.29, 1.82) is 0 Å². The van der Waals surface area contributed by atoms with Crippen LogP contribution in [0.3, 0.4) is 0 Å². The van der Waals surface area contributed by atoms with Gasteiger partial charge in [-0.25, -0.2) is 4.79 Å². The second kappa shape index (κ2) is 7.06. The first-order chi connectivity index (χ1) is 10.1. The lowest BCUT2D eigenvalue weighted by atomic mass is 10.3. The van der Waals surface area contributed by atoms with Gasteiger partial charge in [0.1, 0.15) is 16.7 Å². The first-order valence-electron chi connectivity index (χ1n) is 5.84. The highest BCUT2D eigenvalue weighted by Gasteiger charge is 2.18. The van der Waals surface area contributed by atoms with E-state index in [1.165, 1.54) is 19.2 Å². The van der Waals surface area contributed by atoms with Crippen LogP contribution in [-0.4, -0.2) is 49.8 Å². The highest BCUT2D eigenvalue weighted by Crippen LogP contribution is 2.26. The van der Waals surface area contributed by atoms with Crippen molar-refractivity contribution in [2.24, 2.45) is 5.73 Å². The quantitative estimate of drug-likeness (QED) is 0.433. The molecule has 0 aromatic heterocycles. The molecule has 0 aliphatic rings. The molecule has 0 aliphatic heterocycles. The Morgan fingerprint density at radius 2 is 2.05 bits per heavy atom. The van der Waals surface area contributed by atoms with E-state index in [0.717, 1.165) is 6.07 Å². The van der Waals surface area contributed by atoms with Crippen molar-refractivity contribution in [3.05, 3.63) is 18.2 Å². The Bertz CT molecular complexity index is 674. The molecule has 10 nitrogen and oxygen atoms in total. The molecule has 2 amide bonds. The summed E-state index contributed by atoms with van der Waals surface area (Å²) in [6, 6.07) is 1.51. The van der Waals surface area contributed by atoms with Crippen molar-refractivity contribution in [2.45, 2.75) is 10.9 Å². The standard InChI is InChI=1S/C11H15N3O7S/c1-21-8-3-2-6(4-9(8)22(18,19)20)14-11(17)13-5-7(12)10(15)16/h2-4,7H,5,12H2,1H3,(H,15,16)(H2,13,14,17)(H,18,19,20). The summed E-state index contributed by atoms with van der Waals surface area (Å²) in [5.41, 5.74) is 5.26. The van der Waals surface area contributed by atoms with E-state index in [-0.39, 0.29) is 18.0 Å². The van der Waals surface area contributed by atoms with Crippen molar-refractivity contribution >= 4 is 27.8 Å². The number of carbonyl (C=O) groups excluding carboxylic acids is 1. The summed E-state index contributed by atoms with van der Waals surface area (Å²) in [6.45, 7) is -0.317. The molecule has 1 unspecified atom stereocenters. The molecule has 0 heterocycles. The number of hydrogen-bond donors (Lipinski definition) is 5. The SMILES string of the molecule is COc1ccc(NC(=O)NCC(N)C(=O)O)cc1S(=O)(=O)O. The fraction of sp³-hybridized carbons (Fsp3) is 0.273. The van der Waals surface area contributed by atoms with Crippen LogP contribution in [0.15, 0.2) is 23.1 Å². The lowest BCUT2D eigenvalue weighted by Crippen LogP contribution is -2.43. The Hall–Kier alpha value is -2.37. The van der Waals surface area contributed by atoms with Crippen LogP contribution in [0.25, 0.3) is 0 Å². The molecule has 122 valence electrons. The molecule has 22 heavy (non-hydrogen) atoms. The van der Waals surface area contributed by atoms with Crippen LogP contribution in [0.4, 0.5) is 10.5 Å². The molecular formula is C11H15N3O7S. The predicted octanol–water partition coefficient (Wildman–Crippen LogP) is -0.525. The number of amides is 2. The molecule has 0 saturated heterocycles. The molecule has 11 heteroatoms. The van der Waals surface area contributed by atoms with Gasteiger partial charge in [0.25, 0.3) is 10.1 Å². The van der Waals surface area contributed by atoms with E-state index < -0.39 is 33.1 Å². The van der Waals surface area contributed by atoms with Gasteiger partial charge in [0.15, 0.2) is 0 Å². The van der Waals surface area contributed by atoms with E-state index in [9.17, 15) is 18.0 Å². The van der Waals surface area contributed by atoms with Crippen LogP contribution in [0.2, 0.25) is 0 Å². The van der Waals surface area contributed by atoms with Gasteiger partial charge in [-0.2, -0.15) is 8.42 Å². The first kappa shape index (κ1) is 17.7. The number of nitrogens with one attached hydrogen (secondary N) is 2. The minimum absolute atomic E-state index is 0.0508. The highest BCUT2D eigenvalue weighted by molar-refractivity contribution is 7.86. The van der Waals surface area contributed by atoms with Crippen molar-refractivity contribution in [2.75, 3.05) is 19.0 Å². The molecule has 0 fully saturated rings. The maximum atomic E-state index is 11.5. The second-order valence-corrected chi connectivity index (χ2v) is 5.51. The van der Waals surface area contributed by atoms with Gasteiger partial charge in [0.2, 0.25) is 0 Å². The highest BCUT2D eigenvalue weighted by atomic mass is 32.2. The van der Waals surface area contributed by atoms with Crippen molar-refractivity contribution in [1.82, 2.24) is 5.32 Å². The number of rotatable bonds is 6. The lowest BCUT2D eigenvalue weighted by Gasteiger charge is -2.12. The number of ether oxygens (including phenoxy) is 1. The smallest absolute Gasteiger partial charge is 0.322 e. The number of carboxylic acid groups (broad SMARTS) is 1. The number of benzene rings is 1. The minimum Gasteiger partial charge on any atom is -0.495 e. The van der Waals surface area contributed by atoms with Crippen LogP contribution in [0.5, 0.6) is 5.75 Å². The van der Waals surface area contributed by atoms with E-state index in [4.69, 9.17) is 20.1 Å². The minimum atomic E-state index is -4.54. The lowest BCUT2D eigenvalue weighted by molar-refractivity contribution is -0.138. The average molecular weight is 333 g/mol. The molecule has 0 saturated carbocycles. The molecule has 6 N–H and O–H groups in total. The van der Waals surface area contributed by atoms with E-state index >= 15 is 0 Å². The maximum Gasteiger partial charge on any atom is 0.322 e. The molecule has 0 spiro atoms. The third-order valence-electron chi connectivity index (χ3n) is 2.50. The van der Waals surface area contributed by atoms with Gasteiger partial charge in [-0.05, 0) is 18.2 Å². The number of hydrogen-bond acceptors (Lipinski definition) is 6. The number of carboxylic acids is 1. The first-order valence-corrected chi connectivity index (χ1v) is 7.28. The topological polar surface area (TPSA) is 168 Å². The van der Waals surface area contributed by atoms with Gasteiger partial charge in [-0.15, -0.1) is 0 Å². The molecule has 1 rings (SSSR count). The van der Waals surface area contributed by atoms with E-state index in [2.05, 4.69) is 10.6 Å². The predicted molar refractivity (Wildman–Crippen MR) is 75.4 cm³/mol. The number of nitrogens with two attached hydrogens (primary N) is 1. The Balaban J connectivity index is 2.82. The summed E-state index contributed by atoms with van der Waals surface area (Å²) in [6.07, 6.45) is 0. The second-order valence-electron chi connectivity index (χ2n) is 4.12. The summed E-state index contributed by atoms with van der Waals surface area (Å²) in [5, 5.41) is 13.0. The third kappa shape index (κ3) is 4.87. The summed E-state index contributed by atoms with van der Waals surface area (Å²) in [7, 11) is -3.32. The van der Waals surface area contributed by atoms with E-state index in [1.54, 1.807) is 0 Å². The molecule has 0 aliphatic carbocycles. The van der Waals surface area contributed by atoms with Gasteiger partial charge in [0.05, 0.1) is 7.11 Å². The maximum absolute atomic E-state index is 11.5. The number of urea groups is 1. The van der Waals surface area contributed by atoms with Gasteiger partial charge in [-0.1, -0.05) is 0 Å². The zero-order chi connectivity index (χ0) is 16.9. The van der Waals surface area contributed by atoms with E-state index in [1.807, 2.05) is 0 Å². The summed E-state index contributed by atoms with van der Waals surface area (Å²) in [4.78, 5) is 21.5. The molecule has 1 aromatic rings. The van der Waals surface area contributed by atoms with Gasteiger partial charge in [-0.3, -0.25) is 9.35 Å². The monoisotopic (exact) mass is 333 g/mol. The number of methoxy groups -OCH3 is 1. The Morgan fingerprint density at radius 1 is 1.41 bits per heavy atom. The fourth-order valence-corrected chi connectivity index (χ4v) is 2.10. The van der Waals surface area contributed by atoms with Crippen LogP contribution >= 0.6 is 0 Å². The zero-order valence-corrected chi connectivity index (χ0v) is 12.3. The largest absolute Gasteiger partial charge is 0.495 e. The van der Waals surface area contributed by atoms with Crippen molar-refractivity contribution < 1.29 is 32.4 Å². The Kier molecular flexibility index (Phi) is 5.68. The molecule has 0 bridgehead atoms. The zero-order valence-electron chi connectivity index (χ0n) is 11.4. The molecule has 0 radical (unpaired) electrons. The van der Waals surface area contributed by atoms with Gasteiger partial charge < -0.3 is 26.2 Å². The van der Waals surface area contributed by atoms with Crippen LogP contribution < -0.4 is 21.1 Å². The van der Waals surface area contributed by atoms with Crippen LogP contribution in [0.1, 0.15) is 0 Å². The molecular weight excluding hydrogens is 318 g/mol.